The molecule has 2 aromatic rings. The van der Waals surface area contributed by atoms with Gasteiger partial charge in [-0.25, -0.2) is 8.78 Å². The molecule has 1 heterocycles. The van der Waals surface area contributed by atoms with Crippen LogP contribution < -0.4 is 16.0 Å². The predicted molar refractivity (Wildman–Crippen MR) is 107 cm³/mol. The van der Waals surface area contributed by atoms with Crippen molar-refractivity contribution >= 4 is 46.2 Å². The zero-order valence-corrected chi connectivity index (χ0v) is 16.3. The van der Waals surface area contributed by atoms with Crippen LogP contribution in [-0.2, 0) is 4.79 Å². The Hall–Kier alpha value is -3.11. The Bertz CT molecular complexity index is 1080. The van der Waals surface area contributed by atoms with Crippen LogP contribution in [0.25, 0.3) is 0 Å². The van der Waals surface area contributed by atoms with E-state index < -0.39 is 28.5 Å². The molecule has 11 heteroatoms. The van der Waals surface area contributed by atoms with Crippen molar-refractivity contribution < 1.29 is 18.5 Å². The highest BCUT2D eigenvalue weighted by atomic mass is 35.5. The summed E-state index contributed by atoms with van der Waals surface area (Å²) in [5, 5.41) is 19.6. The molecule has 150 valence electrons. The van der Waals surface area contributed by atoms with Crippen LogP contribution in [0.3, 0.4) is 0 Å². The van der Waals surface area contributed by atoms with Crippen LogP contribution in [0.1, 0.15) is 18.5 Å². The summed E-state index contributed by atoms with van der Waals surface area (Å²) >= 11 is 11.0. The quantitative estimate of drug-likeness (QED) is 0.380. The Labute approximate surface area is 173 Å². The van der Waals surface area contributed by atoms with Gasteiger partial charge in [0.2, 0.25) is 0 Å². The third-order valence-electron chi connectivity index (χ3n) is 4.19. The minimum absolute atomic E-state index is 0.0446. The average molecular weight is 439 g/mol. The molecule has 0 bridgehead atoms. The fourth-order valence-electron chi connectivity index (χ4n) is 2.87. The maximum absolute atomic E-state index is 13.4. The first-order chi connectivity index (χ1) is 13.7. The number of thiocarbonyl (C=S) groups is 1. The highest BCUT2D eigenvalue weighted by molar-refractivity contribution is 7.80. The molecule has 1 aliphatic rings. The number of rotatable bonds is 4. The molecule has 0 spiro atoms. The minimum Gasteiger partial charge on any atom is -0.351 e. The second kappa shape index (κ2) is 8.10. The van der Waals surface area contributed by atoms with Crippen LogP contribution in [0, 0.1) is 21.7 Å². The molecule has 3 N–H and O–H groups in total. The number of hydrogen-bond acceptors (Lipinski definition) is 4. The summed E-state index contributed by atoms with van der Waals surface area (Å²) in [6, 6.07) is 6.23. The molecule has 1 unspecified atom stereocenters. The lowest BCUT2D eigenvalue weighted by molar-refractivity contribution is -0.384. The lowest BCUT2D eigenvalue weighted by Gasteiger charge is -2.30. The van der Waals surface area contributed by atoms with Gasteiger partial charge in [0.25, 0.3) is 11.6 Å². The molecule has 7 nitrogen and oxygen atoms in total. The van der Waals surface area contributed by atoms with Crippen LogP contribution >= 0.6 is 23.8 Å². The minimum atomic E-state index is -1.11. The van der Waals surface area contributed by atoms with E-state index in [4.69, 9.17) is 23.8 Å². The maximum atomic E-state index is 13.4. The molecule has 1 aliphatic heterocycles. The third kappa shape index (κ3) is 4.33. The number of nitro groups is 1. The fraction of sp³-hybridized carbons (Fsp3) is 0.111. The Morgan fingerprint density at radius 2 is 1.97 bits per heavy atom. The zero-order chi connectivity index (χ0) is 21.3. The number of benzene rings is 2. The Morgan fingerprint density at radius 3 is 2.62 bits per heavy atom. The van der Waals surface area contributed by atoms with Crippen molar-refractivity contribution in [3.05, 3.63) is 80.0 Å². The number of anilines is 1. The standard InChI is InChI=1S/C18H13ClF2N4O3S/c1-8-15(17(26)23-10-3-5-12(20)13(21)7-10)16(24-18(29)22-8)9-2-4-11(19)14(6-9)25(27)28/h2-7,16H,1H3,(H,23,26)(H2,22,24,29). The number of hydrogen-bond donors (Lipinski definition) is 3. The first-order valence-corrected chi connectivity index (χ1v) is 8.94. The van der Waals surface area contributed by atoms with Gasteiger partial charge in [-0.15, -0.1) is 0 Å². The van der Waals surface area contributed by atoms with Gasteiger partial charge in [0.1, 0.15) is 5.02 Å². The van der Waals surface area contributed by atoms with Gasteiger partial charge in [0.05, 0.1) is 16.5 Å². The van der Waals surface area contributed by atoms with E-state index in [-0.39, 0.29) is 27.1 Å². The van der Waals surface area contributed by atoms with Crippen LogP contribution in [0.15, 0.2) is 47.7 Å². The first kappa shape index (κ1) is 20.6. The van der Waals surface area contributed by atoms with Gasteiger partial charge >= 0.3 is 0 Å². The monoisotopic (exact) mass is 438 g/mol. The summed E-state index contributed by atoms with van der Waals surface area (Å²) in [6.45, 7) is 1.60. The smallest absolute Gasteiger partial charge is 0.288 e. The summed E-state index contributed by atoms with van der Waals surface area (Å²) in [4.78, 5) is 23.5. The van der Waals surface area contributed by atoms with Gasteiger partial charge in [-0.05, 0) is 42.9 Å². The van der Waals surface area contributed by atoms with Gasteiger partial charge in [0.15, 0.2) is 16.7 Å². The topological polar surface area (TPSA) is 96.3 Å². The first-order valence-electron chi connectivity index (χ1n) is 8.16. The van der Waals surface area contributed by atoms with Crippen molar-refractivity contribution in [2.24, 2.45) is 0 Å². The van der Waals surface area contributed by atoms with E-state index >= 15 is 0 Å². The van der Waals surface area contributed by atoms with Gasteiger partial charge in [0, 0.05) is 23.5 Å². The largest absolute Gasteiger partial charge is 0.351 e. The molecule has 3 rings (SSSR count). The number of amides is 1. The SMILES string of the molecule is CC1=C(C(=O)Nc2ccc(F)c(F)c2)C(c2ccc(Cl)c([N+](=O)[O-])c2)NC(=S)N1. The molecule has 0 aromatic heterocycles. The Balaban J connectivity index is 2.00. The Kier molecular flexibility index (Phi) is 5.76. The highest BCUT2D eigenvalue weighted by Crippen LogP contribution is 2.33. The van der Waals surface area contributed by atoms with Crippen LogP contribution in [0.4, 0.5) is 20.2 Å². The van der Waals surface area contributed by atoms with E-state index in [1.807, 2.05) is 0 Å². The molecule has 0 aliphatic carbocycles. The van der Waals surface area contributed by atoms with Crippen molar-refractivity contribution in [1.82, 2.24) is 10.6 Å². The summed E-state index contributed by atoms with van der Waals surface area (Å²) in [5.41, 5.74) is 0.660. The molecule has 1 amide bonds. The number of carbonyl (C=O) groups excluding carboxylic acids is 1. The normalized spacial score (nSPS) is 16.1. The molecule has 1 atom stereocenters. The summed E-state index contributed by atoms with van der Waals surface area (Å²) in [5.74, 6) is -2.78. The van der Waals surface area contributed by atoms with Crippen molar-refractivity contribution in [3.63, 3.8) is 0 Å². The van der Waals surface area contributed by atoms with Crippen LogP contribution in [0.2, 0.25) is 5.02 Å². The molecular weight excluding hydrogens is 426 g/mol. The van der Waals surface area contributed by atoms with Gasteiger partial charge in [-0.1, -0.05) is 17.7 Å². The van der Waals surface area contributed by atoms with Crippen molar-refractivity contribution in [2.75, 3.05) is 5.32 Å². The summed E-state index contributed by atoms with van der Waals surface area (Å²) in [7, 11) is 0. The van der Waals surface area contributed by atoms with E-state index in [9.17, 15) is 23.7 Å². The van der Waals surface area contributed by atoms with Crippen molar-refractivity contribution in [2.45, 2.75) is 13.0 Å². The molecule has 29 heavy (non-hydrogen) atoms. The average Bonchev–Trinajstić information content (AvgIpc) is 2.64. The number of carbonyl (C=O) groups is 1. The zero-order valence-electron chi connectivity index (χ0n) is 14.8. The summed E-state index contributed by atoms with van der Waals surface area (Å²) in [6.07, 6.45) is 0. The van der Waals surface area contributed by atoms with Gasteiger partial charge in [-0.2, -0.15) is 0 Å². The molecule has 0 saturated carbocycles. The van der Waals surface area contributed by atoms with E-state index in [0.717, 1.165) is 12.1 Å². The van der Waals surface area contributed by atoms with E-state index in [1.165, 1.54) is 24.3 Å². The molecule has 0 radical (unpaired) electrons. The van der Waals surface area contributed by atoms with E-state index in [0.29, 0.717) is 11.3 Å². The van der Waals surface area contributed by atoms with Crippen LogP contribution in [0.5, 0.6) is 0 Å². The van der Waals surface area contributed by atoms with E-state index in [1.54, 1.807) is 6.92 Å². The van der Waals surface area contributed by atoms with Gasteiger partial charge in [-0.3, -0.25) is 14.9 Å². The lowest BCUT2D eigenvalue weighted by Crippen LogP contribution is -2.45. The van der Waals surface area contributed by atoms with Crippen LogP contribution in [-0.4, -0.2) is 15.9 Å². The lowest BCUT2D eigenvalue weighted by atomic mass is 9.94. The molecule has 0 saturated heterocycles. The van der Waals surface area contributed by atoms with Crippen molar-refractivity contribution in [3.8, 4) is 0 Å². The number of nitrogens with one attached hydrogen (secondary N) is 3. The Morgan fingerprint density at radius 1 is 1.24 bits per heavy atom. The molecule has 0 fully saturated rings. The summed E-state index contributed by atoms with van der Waals surface area (Å²) < 4.78 is 26.6. The highest BCUT2D eigenvalue weighted by Gasteiger charge is 2.31. The second-order valence-electron chi connectivity index (χ2n) is 6.12. The number of allylic oxidation sites excluding steroid dienone is 1. The maximum Gasteiger partial charge on any atom is 0.288 e. The van der Waals surface area contributed by atoms with Gasteiger partial charge < -0.3 is 16.0 Å². The number of nitrogens with zero attached hydrogens (tertiary/aromatic N) is 1. The second-order valence-corrected chi connectivity index (χ2v) is 6.94. The molecule has 2 aromatic carbocycles. The van der Waals surface area contributed by atoms with E-state index in [2.05, 4.69) is 16.0 Å². The fourth-order valence-corrected chi connectivity index (χ4v) is 3.32. The third-order valence-corrected chi connectivity index (χ3v) is 4.73. The number of nitro benzene ring substituents is 1. The predicted octanol–water partition coefficient (Wildman–Crippen LogP) is 3.96. The number of halogens is 3. The molecular formula is C18H13ClF2N4O3S. The van der Waals surface area contributed by atoms with Crippen molar-refractivity contribution in [1.29, 1.82) is 0 Å².